The van der Waals surface area contributed by atoms with Crippen molar-refractivity contribution in [1.29, 1.82) is 0 Å². The summed E-state index contributed by atoms with van der Waals surface area (Å²) in [5.41, 5.74) is 0.127. The van der Waals surface area contributed by atoms with Crippen LogP contribution in [-0.2, 0) is 10.0 Å². The third-order valence-electron chi connectivity index (χ3n) is 3.68. The number of fused-ring (bicyclic) bond motifs is 1. The summed E-state index contributed by atoms with van der Waals surface area (Å²) in [4.78, 5) is -0.210. The van der Waals surface area contributed by atoms with Crippen molar-refractivity contribution in [1.82, 2.24) is 0 Å². The van der Waals surface area contributed by atoms with Crippen molar-refractivity contribution in [3.63, 3.8) is 0 Å². The first-order chi connectivity index (χ1) is 10.7. The van der Waals surface area contributed by atoms with E-state index in [1.165, 1.54) is 30.3 Å². The van der Waals surface area contributed by atoms with Crippen LogP contribution in [0.1, 0.15) is 11.1 Å². The lowest BCUT2D eigenvalue weighted by atomic mass is 10.1. The van der Waals surface area contributed by atoms with Gasteiger partial charge < -0.3 is 0 Å². The summed E-state index contributed by atoms with van der Waals surface area (Å²) < 4.78 is 54.7. The topological polar surface area (TPSA) is 37.4 Å². The summed E-state index contributed by atoms with van der Waals surface area (Å²) in [6.07, 6.45) is 0. The standard InChI is InChI=1S/C16H12ClF2NO2S/c1-10-3-6-13(7-4-10)23(21,22)20-15-8-5-12(17)9-14(15)11(2)16(20,18)19/h3-9H,2H2,1H3. The maximum atomic E-state index is 14.6. The molecule has 0 saturated carbocycles. The summed E-state index contributed by atoms with van der Waals surface area (Å²) >= 11 is 5.82. The predicted octanol–water partition coefficient (Wildman–Crippen LogP) is 4.46. The molecule has 2 aromatic rings. The van der Waals surface area contributed by atoms with Crippen LogP contribution in [0.15, 0.2) is 53.9 Å². The number of nitrogens with zero attached hydrogens (tertiary/aromatic N) is 1. The lowest BCUT2D eigenvalue weighted by molar-refractivity contribution is 0.0862. The minimum atomic E-state index is -4.44. The molecule has 1 aliphatic rings. The highest BCUT2D eigenvalue weighted by Crippen LogP contribution is 2.51. The van der Waals surface area contributed by atoms with Crippen LogP contribution in [0.4, 0.5) is 14.5 Å². The first-order valence-corrected chi connectivity index (χ1v) is 8.47. The van der Waals surface area contributed by atoms with Gasteiger partial charge in [0.2, 0.25) is 0 Å². The molecule has 0 unspecified atom stereocenters. The molecule has 0 radical (unpaired) electrons. The molecule has 0 N–H and O–H groups in total. The fourth-order valence-electron chi connectivity index (χ4n) is 2.46. The maximum Gasteiger partial charge on any atom is 0.365 e. The van der Waals surface area contributed by atoms with Gasteiger partial charge in [0.05, 0.1) is 10.6 Å². The molecule has 0 saturated heterocycles. The quantitative estimate of drug-likeness (QED) is 0.746. The molecule has 23 heavy (non-hydrogen) atoms. The molecule has 3 nitrogen and oxygen atoms in total. The van der Waals surface area contributed by atoms with Crippen LogP contribution in [0, 0.1) is 6.92 Å². The summed E-state index contributed by atoms with van der Waals surface area (Å²) in [6, 6.07) is 5.88. The van der Waals surface area contributed by atoms with Crippen molar-refractivity contribution in [2.75, 3.05) is 4.31 Å². The van der Waals surface area contributed by atoms with Crippen LogP contribution in [0.2, 0.25) is 5.02 Å². The van der Waals surface area contributed by atoms with Gasteiger partial charge in [0.15, 0.2) is 0 Å². The van der Waals surface area contributed by atoms with Crippen molar-refractivity contribution in [3.05, 3.63) is 65.2 Å². The molecule has 1 aliphatic heterocycles. The number of alkyl halides is 2. The van der Waals surface area contributed by atoms with E-state index in [1.807, 2.05) is 0 Å². The molecule has 0 bridgehead atoms. The molecule has 0 aromatic heterocycles. The molecule has 2 aromatic carbocycles. The first-order valence-electron chi connectivity index (χ1n) is 6.65. The zero-order valence-corrected chi connectivity index (χ0v) is 13.6. The van der Waals surface area contributed by atoms with Crippen LogP contribution in [0.5, 0.6) is 0 Å². The van der Waals surface area contributed by atoms with E-state index in [9.17, 15) is 17.2 Å². The van der Waals surface area contributed by atoms with Gasteiger partial charge in [0.25, 0.3) is 10.0 Å². The molecule has 0 spiro atoms. The second-order valence-corrected chi connectivity index (χ2v) is 7.49. The summed E-state index contributed by atoms with van der Waals surface area (Å²) in [5.74, 6) is 0. The van der Waals surface area contributed by atoms with Crippen LogP contribution in [0.3, 0.4) is 0 Å². The zero-order valence-electron chi connectivity index (χ0n) is 12.1. The van der Waals surface area contributed by atoms with E-state index in [-0.39, 0.29) is 25.5 Å². The average Bonchev–Trinajstić information content (AvgIpc) is 2.67. The lowest BCUT2D eigenvalue weighted by Gasteiger charge is -2.26. The Kier molecular flexibility index (Phi) is 3.50. The Morgan fingerprint density at radius 1 is 1.13 bits per heavy atom. The molecular weight excluding hydrogens is 344 g/mol. The second-order valence-electron chi connectivity index (χ2n) is 5.26. The van der Waals surface area contributed by atoms with Gasteiger partial charge in [-0.05, 0) is 37.3 Å². The molecule has 120 valence electrons. The molecular formula is C16H12ClF2NO2S. The van der Waals surface area contributed by atoms with Crippen molar-refractivity contribution in [3.8, 4) is 0 Å². The first kappa shape index (κ1) is 16.0. The highest BCUT2D eigenvalue weighted by Gasteiger charge is 2.54. The van der Waals surface area contributed by atoms with Gasteiger partial charge in [-0.15, -0.1) is 0 Å². The lowest BCUT2D eigenvalue weighted by Crippen LogP contribution is -2.42. The Hall–Kier alpha value is -1.92. The Morgan fingerprint density at radius 2 is 1.74 bits per heavy atom. The van der Waals surface area contributed by atoms with Crippen LogP contribution >= 0.6 is 11.6 Å². The average molecular weight is 356 g/mol. The summed E-state index contributed by atoms with van der Waals surface area (Å²) in [5, 5.41) is 0.232. The number of aryl methyl sites for hydroxylation is 1. The van der Waals surface area contributed by atoms with Gasteiger partial charge >= 0.3 is 6.05 Å². The van der Waals surface area contributed by atoms with Crippen molar-refractivity contribution in [2.24, 2.45) is 0 Å². The molecule has 7 heteroatoms. The fraction of sp³-hybridized carbons (Fsp3) is 0.125. The molecule has 1 heterocycles. The normalized spacial score (nSPS) is 16.5. The molecule has 0 amide bonds. The van der Waals surface area contributed by atoms with Gasteiger partial charge in [0.1, 0.15) is 0 Å². The number of halogens is 3. The smallest absolute Gasteiger partial charge is 0.201 e. The maximum absolute atomic E-state index is 14.6. The van der Waals surface area contributed by atoms with E-state index in [4.69, 9.17) is 11.6 Å². The molecule has 0 fully saturated rings. The Labute approximate surface area is 137 Å². The van der Waals surface area contributed by atoms with Crippen LogP contribution < -0.4 is 4.31 Å². The van der Waals surface area contributed by atoms with Crippen molar-refractivity contribution < 1.29 is 17.2 Å². The minimum Gasteiger partial charge on any atom is -0.201 e. The van der Waals surface area contributed by atoms with E-state index >= 15 is 0 Å². The van der Waals surface area contributed by atoms with Crippen molar-refractivity contribution >= 4 is 32.9 Å². The monoisotopic (exact) mass is 355 g/mol. The Balaban J connectivity index is 2.23. The van der Waals surface area contributed by atoms with Gasteiger partial charge in [-0.3, -0.25) is 0 Å². The number of rotatable bonds is 2. The Bertz CT molecular complexity index is 908. The number of hydrogen-bond acceptors (Lipinski definition) is 2. The highest BCUT2D eigenvalue weighted by molar-refractivity contribution is 7.93. The van der Waals surface area contributed by atoms with Gasteiger partial charge in [0, 0.05) is 16.2 Å². The molecule has 3 rings (SSSR count). The van der Waals surface area contributed by atoms with E-state index in [2.05, 4.69) is 6.58 Å². The van der Waals surface area contributed by atoms with E-state index in [1.54, 1.807) is 19.1 Å². The number of benzene rings is 2. The van der Waals surface area contributed by atoms with E-state index in [0.717, 1.165) is 5.56 Å². The van der Waals surface area contributed by atoms with Gasteiger partial charge in [-0.25, -0.2) is 8.42 Å². The second kappa shape index (κ2) is 5.04. The molecule has 0 atom stereocenters. The minimum absolute atomic E-state index is 0.0261. The zero-order chi connectivity index (χ0) is 17.0. The predicted molar refractivity (Wildman–Crippen MR) is 86.3 cm³/mol. The van der Waals surface area contributed by atoms with E-state index < -0.39 is 21.6 Å². The number of anilines is 1. The number of sulfonamides is 1. The third kappa shape index (κ3) is 2.33. The highest BCUT2D eigenvalue weighted by atomic mass is 35.5. The summed E-state index contributed by atoms with van der Waals surface area (Å²) in [6.45, 7) is 5.12. The fourth-order valence-corrected chi connectivity index (χ4v) is 4.15. The van der Waals surface area contributed by atoms with E-state index in [0.29, 0.717) is 0 Å². The number of hydrogen-bond donors (Lipinski definition) is 0. The van der Waals surface area contributed by atoms with Crippen molar-refractivity contribution in [2.45, 2.75) is 17.9 Å². The Morgan fingerprint density at radius 3 is 2.35 bits per heavy atom. The SMILES string of the molecule is C=C1c2cc(Cl)ccc2N(S(=O)(=O)c2ccc(C)cc2)C1(F)F. The van der Waals surface area contributed by atoms with Crippen LogP contribution in [0.25, 0.3) is 5.57 Å². The van der Waals surface area contributed by atoms with Gasteiger partial charge in [-0.1, -0.05) is 35.9 Å². The molecule has 0 aliphatic carbocycles. The van der Waals surface area contributed by atoms with Crippen LogP contribution in [-0.4, -0.2) is 14.5 Å². The summed E-state index contributed by atoms with van der Waals surface area (Å²) in [7, 11) is -4.44. The van der Waals surface area contributed by atoms with Gasteiger partial charge in [-0.2, -0.15) is 13.1 Å². The largest absolute Gasteiger partial charge is 0.365 e. The third-order valence-corrected chi connectivity index (χ3v) is 5.69.